The molecule has 0 radical (unpaired) electrons. The zero-order chi connectivity index (χ0) is 14.7. The van der Waals surface area contributed by atoms with Crippen molar-refractivity contribution in [3.8, 4) is 0 Å². The van der Waals surface area contributed by atoms with E-state index in [2.05, 4.69) is 0 Å². The summed E-state index contributed by atoms with van der Waals surface area (Å²) in [6, 6.07) is 4.43. The zero-order valence-corrected chi connectivity index (χ0v) is 11.1. The summed E-state index contributed by atoms with van der Waals surface area (Å²) in [5.41, 5.74) is 0.558. The van der Waals surface area contributed by atoms with Crippen molar-refractivity contribution < 1.29 is 19.6 Å². The molecule has 20 heavy (non-hydrogen) atoms. The molecule has 1 fully saturated rings. The molecule has 0 bridgehead atoms. The Labute approximate surface area is 115 Å². The van der Waals surface area contributed by atoms with Crippen LogP contribution < -0.4 is 4.90 Å². The van der Waals surface area contributed by atoms with E-state index in [1.807, 2.05) is 11.8 Å². The van der Waals surface area contributed by atoms with Crippen LogP contribution in [-0.2, 0) is 4.74 Å². The van der Waals surface area contributed by atoms with Gasteiger partial charge in [0.15, 0.2) is 6.29 Å². The van der Waals surface area contributed by atoms with Gasteiger partial charge in [0.1, 0.15) is 0 Å². The van der Waals surface area contributed by atoms with Crippen molar-refractivity contribution in [2.24, 2.45) is 0 Å². The van der Waals surface area contributed by atoms with Crippen LogP contribution in [0.25, 0.3) is 0 Å². The molecule has 0 aromatic heterocycles. The fourth-order valence-electron chi connectivity index (χ4n) is 2.36. The lowest BCUT2D eigenvalue weighted by atomic mass is 10.1. The molecule has 1 aliphatic heterocycles. The van der Waals surface area contributed by atoms with Crippen LogP contribution in [0.1, 0.15) is 17.3 Å². The predicted octanol–water partition coefficient (Wildman–Crippen LogP) is 0.993. The molecule has 7 heteroatoms. The van der Waals surface area contributed by atoms with E-state index in [-0.39, 0.29) is 30.1 Å². The zero-order valence-electron chi connectivity index (χ0n) is 11.1. The van der Waals surface area contributed by atoms with E-state index in [9.17, 15) is 20.0 Å². The molecule has 1 aromatic rings. The average molecular weight is 280 g/mol. The summed E-state index contributed by atoms with van der Waals surface area (Å²) in [7, 11) is 0. The Morgan fingerprint density at radius 1 is 1.55 bits per heavy atom. The lowest BCUT2D eigenvalue weighted by Gasteiger charge is -2.37. The molecule has 2 unspecified atom stereocenters. The van der Waals surface area contributed by atoms with E-state index in [0.29, 0.717) is 25.1 Å². The van der Waals surface area contributed by atoms with Gasteiger partial charge in [0.25, 0.3) is 5.69 Å². The lowest BCUT2D eigenvalue weighted by molar-refractivity contribution is -0.385. The Kier molecular flexibility index (Phi) is 4.31. The first kappa shape index (κ1) is 14.4. The van der Waals surface area contributed by atoms with Crippen molar-refractivity contribution >= 4 is 17.7 Å². The highest BCUT2D eigenvalue weighted by Gasteiger charge is 2.26. The summed E-state index contributed by atoms with van der Waals surface area (Å²) in [6.45, 7) is 2.89. The number of aldehydes is 1. The molecular weight excluding hydrogens is 264 g/mol. The molecule has 2 rings (SSSR count). The topological polar surface area (TPSA) is 92.9 Å². The summed E-state index contributed by atoms with van der Waals surface area (Å²) in [5, 5.41) is 20.0. The highest BCUT2D eigenvalue weighted by atomic mass is 16.6. The van der Waals surface area contributed by atoms with Gasteiger partial charge in [0.2, 0.25) is 0 Å². The van der Waals surface area contributed by atoms with Gasteiger partial charge in [-0.2, -0.15) is 0 Å². The van der Waals surface area contributed by atoms with Gasteiger partial charge in [-0.3, -0.25) is 14.9 Å². The maximum absolute atomic E-state index is 11.0. The third-order valence-electron chi connectivity index (χ3n) is 3.23. The van der Waals surface area contributed by atoms with Gasteiger partial charge >= 0.3 is 0 Å². The number of nitro groups is 1. The van der Waals surface area contributed by atoms with Crippen molar-refractivity contribution in [2.45, 2.75) is 19.1 Å². The van der Waals surface area contributed by atoms with Crippen LogP contribution in [0.5, 0.6) is 0 Å². The number of rotatable bonds is 4. The molecule has 0 saturated carbocycles. The smallest absolute Gasteiger partial charge is 0.280 e. The molecule has 1 aliphatic rings. The Morgan fingerprint density at radius 3 is 2.90 bits per heavy atom. The van der Waals surface area contributed by atoms with Crippen molar-refractivity contribution in [3.63, 3.8) is 0 Å². The van der Waals surface area contributed by atoms with Crippen LogP contribution in [0.3, 0.4) is 0 Å². The first-order chi connectivity index (χ1) is 9.55. The van der Waals surface area contributed by atoms with Crippen LogP contribution in [0, 0.1) is 10.1 Å². The standard InChI is InChI=1S/C13H16N2O5/c1-9-5-14(6-12(8-17)20-9)11-2-3-13(15(18)19)10(4-11)7-16/h2-4,7,9,12,17H,5-6,8H2,1H3. The molecule has 1 heterocycles. The fourth-order valence-corrected chi connectivity index (χ4v) is 2.36. The van der Waals surface area contributed by atoms with Gasteiger partial charge < -0.3 is 14.7 Å². The van der Waals surface area contributed by atoms with E-state index in [1.165, 1.54) is 12.1 Å². The average Bonchev–Trinajstić information content (AvgIpc) is 2.45. The maximum Gasteiger partial charge on any atom is 0.280 e. The number of benzene rings is 1. The minimum Gasteiger partial charge on any atom is -0.394 e. The van der Waals surface area contributed by atoms with Crippen molar-refractivity contribution in [2.75, 3.05) is 24.6 Å². The molecule has 108 valence electrons. The molecule has 0 spiro atoms. The predicted molar refractivity (Wildman–Crippen MR) is 72.1 cm³/mol. The first-order valence-corrected chi connectivity index (χ1v) is 6.30. The van der Waals surface area contributed by atoms with E-state index in [1.54, 1.807) is 6.07 Å². The van der Waals surface area contributed by atoms with Crippen molar-refractivity contribution in [3.05, 3.63) is 33.9 Å². The Balaban J connectivity index is 2.28. The minimum atomic E-state index is -0.577. The number of carbonyl (C=O) groups is 1. The molecule has 1 N–H and O–H groups in total. The van der Waals surface area contributed by atoms with Crippen LogP contribution in [0.15, 0.2) is 18.2 Å². The number of carbonyl (C=O) groups excluding carboxylic acids is 1. The van der Waals surface area contributed by atoms with Gasteiger partial charge in [-0.1, -0.05) is 0 Å². The van der Waals surface area contributed by atoms with Crippen LogP contribution >= 0.6 is 0 Å². The van der Waals surface area contributed by atoms with Gasteiger partial charge in [0, 0.05) is 24.8 Å². The third-order valence-corrected chi connectivity index (χ3v) is 3.23. The monoisotopic (exact) mass is 280 g/mol. The molecule has 2 atom stereocenters. The summed E-state index contributed by atoms with van der Waals surface area (Å²) < 4.78 is 5.54. The Morgan fingerprint density at radius 2 is 2.30 bits per heavy atom. The number of hydrogen-bond donors (Lipinski definition) is 1. The first-order valence-electron chi connectivity index (χ1n) is 6.30. The number of hydrogen-bond acceptors (Lipinski definition) is 6. The van der Waals surface area contributed by atoms with Gasteiger partial charge in [-0.05, 0) is 19.1 Å². The van der Waals surface area contributed by atoms with Gasteiger partial charge in [-0.25, -0.2) is 0 Å². The SMILES string of the molecule is CC1CN(c2ccc([N+](=O)[O-])c(C=O)c2)CC(CO)O1. The van der Waals surface area contributed by atoms with Gasteiger partial charge in [-0.15, -0.1) is 0 Å². The fraction of sp³-hybridized carbons (Fsp3) is 0.462. The summed E-state index contributed by atoms with van der Waals surface area (Å²) in [5.74, 6) is 0. The molecule has 0 amide bonds. The number of nitro benzene ring substituents is 1. The van der Waals surface area contributed by atoms with Crippen LogP contribution in [-0.4, -0.2) is 48.2 Å². The third kappa shape index (κ3) is 2.94. The van der Waals surface area contributed by atoms with Crippen LogP contribution in [0.2, 0.25) is 0 Å². The summed E-state index contributed by atoms with van der Waals surface area (Å²) in [4.78, 5) is 23.1. The number of ether oxygens (including phenoxy) is 1. The second kappa shape index (κ2) is 5.98. The number of morpholine rings is 1. The molecule has 1 aromatic carbocycles. The van der Waals surface area contributed by atoms with Crippen molar-refractivity contribution in [1.82, 2.24) is 0 Å². The summed E-state index contributed by atoms with van der Waals surface area (Å²) in [6.07, 6.45) is 0.124. The highest BCUT2D eigenvalue weighted by Crippen LogP contribution is 2.26. The largest absolute Gasteiger partial charge is 0.394 e. The van der Waals surface area contributed by atoms with E-state index < -0.39 is 4.92 Å². The molecular formula is C13H16N2O5. The van der Waals surface area contributed by atoms with E-state index >= 15 is 0 Å². The number of aliphatic hydroxyl groups excluding tert-OH is 1. The van der Waals surface area contributed by atoms with Crippen LogP contribution in [0.4, 0.5) is 11.4 Å². The number of aliphatic hydroxyl groups is 1. The van der Waals surface area contributed by atoms with E-state index in [4.69, 9.17) is 4.74 Å². The highest BCUT2D eigenvalue weighted by molar-refractivity contribution is 5.83. The minimum absolute atomic E-state index is 0.0483. The lowest BCUT2D eigenvalue weighted by Crippen LogP contribution is -2.48. The quantitative estimate of drug-likeness (QED) is 0.502. The van der Waals surface area contributed by atoms with Gasteiger partial charge in [0.05, 0.1) is 29.3 Å². The summed E-state index contributed by atoms with van der Waals surface area (Å²) >= 11 is 0. The maximum atomic E-state index is 11.0. The Bertz CT molecular complexity index is 519. The molecule has 7 nitrogen and oxygen atoms in total. The number of anilines is 1. The Hall–Kier alpha value is -1.99. The normalized spacial score (nSPS) is 22.6. The molecule has 0 aliphatic carbocycles. The van der Waals surface area contributed by atoms with Crippen molar-refractivity contribution in [1.29, 1.82) is 0 Å². The molecule has 1 saturated heterocycles. The second-order valence-electron chi connectivity index (χ2n) is 4.77. The second-order valence-corrected chi connectivity index (χ2v) is 4.77. The van der Waals surface area contributed by atoms with E-state index in [0.717, 1.165) is 0 Å². The number of nitrogens with zero attached hydrogens (tertiary/aromatic N) is 2.